The number of hydrogen-bond acceptors (Lipinski definition) is 5. The number of carbonyl (C=O) groups is 1. The van der Waals surface area contributed by atoms with Crippen molar-refractivity contribution in [2.75, 3.05) is 13.1 Å². The van der Waals surface area contributed by atoms with Crippen LogP contribution in [0.5, 0.6) is 11.5 Å². The number of halogens is 4. The van der Waals surface area contributed by atoms with Crippen LogP contribution in [0.4, 0.5) is 17.6 Å². The van der Waals surface area contributed by atoms with Crippen molar-refractivity contribution >= 4 is 28.5 Å². The Labute approximate surface area is 192 Å². The summed E-state index contributed by atoms with van der Waals surface area (Å²) in [6, 6.07) is 10.4. The first-order valence-electron chi connectivity index (χ1n) is 10.4. The van der Waals surface area contributed by atoms with Crippen LogP contribution in [-0.4, -0.2) is 47.3 Å². The summed E-state index contributed by atoms with van der Waals surface area (Å²) in [5.74, 6) is -1.78. The summed E-state index contributed by atoms with van der Waals surface area (Å²) in [5, 5.41) is 10.5. The maximum Gasteiger partial charge on any atom is 0.387 e. The second-order valence-corrected chi connectivity index (χ2v) is 7.57. The van der Waals surface area contributed by atoms with Crippen molar-refractivity contribution in [1.29, 1.82) is 0 Å². The summed E-state index contributed by atoms with van der Waals surface area (Å²) in [5.41, 5.74) is 2.34. The first kappa shape index (κ1) is 23.5. The number of aromatic carboxylic acids is 1. The normalized spacial score (nSPS) is 15.2. The average Bonchev–Trinajstić information content (AvgIpc) is 2.78. The van der Waals surface area contributed by atoms with Gasteiger partial charge in [0, 0.05) is 35.7 Å². The molecule has 0 bridgehead atoms. The summed E-state index contributed by atoms with van der Waals surface area (Å²) >= 11 is 0. The molecule has 2 aromatic carbocycles. The summed E-state index contributed by atoms with van der Waals surface area (Å²) in [4.78, 5) is 18.9. The first-order valence-corrected chi connectivity index (χ1v) is 10.4. The molecule has 0 unspecified atom stereocenters. The number of benzene rings is 2. The molecule has 6 nitrogen and oxygen atoms in total. The van der Waals surface area contributed by atoms with E-state index >= 15 is 0 Å². The third-order valence-corrected chi connectivity index (χ3v) is 5.49. The standard InChI is InChI=1S/C24H20F4N2O4/c1-2-30-11-14(9-13-7-8-15(33-23(25)26)10-19(13)34-24(27)28)21-17(12-30)20(22(31)32)16-5-3-4-6-18(16)29-21/h3-10,23-24H,2,11-12H2,1H3,(H,31,32)/b14-9-. The van der Waals surface area contributed by atoms with Gasteiger partial charge in [0.25, 0.3) is 0 Å². The van der Waals surface area contributed by atoms with E-state index in [4.69, 9.17) is 0 Å². The van der Waals surface area contributed by atoms with Crippen molar-refractivity contribution in [2.24, 2.45) is 0 Å². The molecule has 34 heavy (non-hydrogen) atoms. The zero-order valence-electron chi connectivity index (χ0n) is 18.0. The van der Waals surface area contributed by atoms with Gasteiger partial charge in [0.15, 0.2) is 0 Å². The monoisotopic (exact) mass is 476 g/mol. The molecular weight excluding hydrogens is 456 g/mol. The second-order valence-electron chi connectivity index (χ2n) is 7.57. The molecule has 3 aromatic rings. The lowest BCUT2D eigenvalue weighted by Crippen LogP contribution is -2.31. The Balaban J connectivity index is 1.91. The van der Waals surface area contributed by atoms with Gasteiger partial charge in [-0.15, -0.1) is 0 Å². The number of aromatic nitrogens is 1. The van der Waals surface area contributed by atoms with Crippen molar-refractivity contribution in [3.05, 3.63) is 64.8 Å². The number of hydrogen-bond donors (Lipinski definition) is 1. The van der Waals surface area contributed by atoms with Crippen molar-refractivity contribution in [1.82, 2.24) is 9.88 Å². The number of carboxylic acids is 1. The Kier molecular flexibility index (Phi) is 6.69. The zero-order chi connectivity index (χ0) is 24.4. The van der Waals surface area contributed by atoms with Crippen LogP contribution in [0, 0.1) is 0 Å². The third kappa shape index (κ3) is 4.81. The van der Waals surface area contributed by atoms with Gasteiger partial charge in [-0.25, -0.2) is 9.78 Å². The molecule has 2 heterocycles. The molecule has 0 saturated carbocycles. The fraction of sp³-hybridized carbons (Fsp3) is 0.250. The minimum atomic E-state index is -3.19. The van der Waals surface area contributed by atoms with E-state index in [1.165, 1.54) is 12.1 Å². The van der Waals surface area contributed by atoms with Crippen LogP contribution >= 0.6 is 0 Å². The predicted molar refractivity (Wildman–Crippen MR) is 117 cm³/mol. The lowest BCUT2D eigenvalue weighted by atomic mass is 9.92. The van der Waals surface area contributed by atoms with E-state index < -0.39 is 19.2 Å². The van der Waals surface area contributed by atoms with Crippen molar-refractivity contribution in [3.63, 3.8) is 0 Å². The number of pyridine rings is 1. The van der Waals surface area contributed by atoms with Gasteiger partial charge in [-0.05, 0) is 36.4 Å². The fourth-order valence-corrected chi connectivity index (χ4v) is 4.04. The van der Waals surface area contributed by atoms with Gasteiger partial charge in [0.2, 0.25) is 0 Å². The Bertz CT molecular complexity index is 1260. The van der Waals surface area contributed by atoms with Crippen molar-refractivity contribution in [2.45, 2.75) is 26.7 Å². The summed E-state index contributed by atoms with van der Waals surface area (Å²) < 4.78 is 60.1. The second kappa shape index (κ2) is 9.68. The highest BCUT2D eigenvalue weighted by Gasteiger charge is 2.28. The number of fused-ring (bicyclic) bond motifs is 2. The molecule has 10 heteroatoms. The molecule has 178 valence electrons. The Morgan fingerprint density at radius 1 is 1.12 bits per heavy atom. The van der Waals surface area contributed by atoms with E-state index in [0.29, 0.717) is 47.4 Å². The molecule has 0 aliphatic carbocycles. The van der Waals surface area contributed by atoms with E-state index in [9.17, 15) is 27.5 Å². The molecular formula is C24H20F4N2O4. The van der Waals surface area contributed by atoms with Gasteiger partial charge in [0.05, 0.1) is 16.8 Å². The summed E-state index contributed by atoms with van der Waals surface area (Å²) in [7, 11) is 0. The molecule has 0 amide bonds. The number of nitrogens with zero attached hydrogens (tertiary/aromatic N) is 2. The van der Waals surface area contributed by atoms with Crippen LogP contribution in [0.3, 0.4) is 0 Å². The number of para-hydroxylation sites is 1. The van der Waals surface area contributed by atoms with Crippen molar-refractivity contribution in [3.8, 4) is 11.5 Å². The molecule has 1 aliphatic rings. The molecule has 1 aliphatic heterocycles. The number of rotatable bonds is 7. The SMILES string of the molecule is CCN1C/C(=C/c2ccc(OC(F)F)cc2OC(F)F)c2nc3ccccc3c(C(=O)O)c2C1. The summed E-state index contributed by atoms with van der Waals surface area (Å²) in [6.45, 7) is -3.07. The third-order valence-electron chi connectivity index (χ3n) is 5.49. The zero-order valence-corrected chi connectivity index (χ0v) is 18.0. The van der Waals surface area contributed by atoms with Gasteiger partial charge in [0.1, 0.15) is 11.5 Å². The van der Waals surface area contributed by atoms with Gasteiger partial charge in [-0.1, -0.05) is 25.1 Å². The Morgan fingerprint density at radius 2 is 1.85 bits per heavy atom. The van der Waals surface area contributed by atoms with Crippen LogP contribution in [-0.2, 0) is 6.54 Å². The van der Waals surface area contributed by atoms with Crippen LogP contribution in [0.2, 0.25) is 0 Å². The van der Waals surface area contributed by atoms with Gasteiger partial charge in [-0.3, -0.25) is 4.90 Å². The molecule has 0 atom stereocenters. The van der Waals surface area contributed by atoms with E-state index in [-0.39, 0.29) is 22.6 Å². The summed E-state index contributed by atoms with van der Waals surface area (Å²) in [6.07, 6.45) is 1.55. The van der Waals surface area contributed by atoms with Gasteiger partial charge < -0.3 is 14.6 Å². The van der Waals surface area contributed by atoms with Crippen LogP contribution in [0.25, 0.3) is 22.6 Å². The van der Waals surface area contributed by atoms with E-state index in [0.717, 1.165) is 6.07 Å². The van der Waals surface area contributed by atoms with Gasteiger partial charge in [-0.2, -0.15) is 17.6 Å². The average molecular weight is 476 g/mol. The van der Waals surface area contributed by atoms with Crippen LogP contribution < -0.4 is 9.47 Å². The molecule has 4 rings (SSSR count). The number of ether oxygens (including phenoxy) is 2. The lowest BCUT2D eigenvalue weighted by molar-refractivity contribution is -0.0543. The Hall–Kier alpha value is -3.66. The minimum Gasteiger partial charge on any atom is -0.478 e. The van der Waals surface area contributed by atoms with Gasteiger partial charge >= 0.3 is 19.2 Å². The highest BCUT2D eigenvalue weighted by molar-refractivity contribution is 6.06. The number of alkyl halides is 4. The quantitative estimate of drug-likeness (QED) is 0.454. The predicted octanol–water partition coefficient (Wildman–Crippen LogP) is 5.51. The Morgan fingerprint density at radius 3 is 2.53 bits per heavy atom. The maximum atomic E-state index is 13.0. The minimum absolute atomic E-state index is 0.134. The number of likely N-dealkylation sites (N-methyl/N-ethyl adjacent to an activating group) is 1. The van der Waals surface area contributed by atoms with Crippen LogP contribution in [0.1, 0.15) is 34.1 Å². The van der Waals surface area contributed by atoms with Crippen LogP contribution in [0.15, 0.2) is 42.5 Å². The van der Waals surface area contributed by atoms with E-state index in [1.54, 1.807) is 30.3 Å². The fourth-order valence-electron chi connectivity index (χ4n) is 4.04. The van der Waals surface area contributed by atoms with E-state index in [2.05, 4.69) is 14.5 Å². The smallest absolute Gasteiger partial charge is 0.387 e. The molecule has 0 fully saturated rings. The lowest BCUT2D eigenvalue weighted by Gasteiger charge is -2.30. The van der Waals surface area contributed by atoms with Crippen molar-refractivity contribution < 1.29 is 36.9 Å². The van der Waals surface area contributed by atoms with E-state index in [1.807, 2.05) is 11.8 Å². The number of carboxylic acid groups (broad SMARTS) is 1. The highest BCUT2D eigenvalue weighted by Crippen LogP contribution is 2.36. The molecule has 1 N–H and O–H groups in total. The largest absolute Gasteiger partial charge is 0.478 e. The highest BCUT2D eigenvalue weighted by atomic mass is 19.3. The molecule has 0 saturated heterocycles. The maximum absolute atomic E-state index is 13.0. The molecule has 0 spiro atoms. The molecule has 0 radical (unpaired) electrons. The molecule has 1 aromatic heterocycles. The first-order chi connectivity index (χ1) is 16.3. The topological polar surface area (TPSA) is 71.9 Å².